The summed E-state index contributed by atoms with van der Waals surface area (Å²) >= 11 is 0. The average molecular weight is 757 g/mol. The van der Waals surface area contributed by atoms with Gasteiger partial charge in [0, 0.05) is 31.8 Å². The lowest BCUT2D eigenvalue weighted by atomic mass is 9.95. The second-order valence-electron chi connectivity index (χ2n) is 12.4. The third-order valence-corrected chi connectivity index (χ3v) is 8.89. The van der Waals surface area contributed by atoms with Crippen molar-refractivity contribution in [1.82, 2.24) is 48.6 Å². The molecule has 1 aliphatic carbocycles. The highest BCUT2D eigenvalue weighted by Crippen LogP contribution is 2.34. The fourth-order valence-corrected chi connectivity index (χ4v) is 5.88. The molecular formula is C34H30F6N10O4. The molecule has 0 aromatic heterocycles. The van der Waals surface area contributed by atoms with Gasteiger partial charge in [-0.1, -0.05) is 43.5 Å². The van der Waals surface area contributed by atoms with E-state index in [4.69, 9.17) is 0 Å². The lowest BCUT2D eigenvalue weighted by molar-refractivity contribution is -0.138. The number of benzene rings is 2. The Morgan fingerprint density at radius 3 is 1.48 bits per heavy atom. The highest BCUT2D eigenvalue weighted by molar-refractivity contribution is 5.61. The monoisotopic (exact) mass is 756 g/mol. The fourth-order valence-electron chi connectivity index (χ4n) is 5.88. The molecule has 2 aromatic carbocycles. The first-order chi connectivity index (χ1) is 25.5. The van der Waals surface area contributed by atoms with Gasteiger partial charge in [-0.05, 0) is 44.0 Å². The van der Waals surface area contributed by atoms with Crippen LogP contribution in [0.25, 0.3) is 45.8 Å². The molecule has 14 nitrogen and oxygen atoms in total. The van der Waals surface area contributed by atoms with E-state index in [-0.39, 0.29) is 40.7 Å². The SMILES string of the molecule is CCn1nc(-c2ccc(C(F)(F)F)cc2)nc2c(=O)n(C)c(=O)nc1-2.Cn1c(=O)nc2n(C3CCCCC3)nc(-c3ccc(C(F)(F)F)cc3)nc-2c1=O. The van der Waals surface area contributed by atoms with E-state index >= 15 is 0 Å². The van der Waals surface area contributed by atoms with Crippen molar-refractivity contribution < 1.29 is 26.3 Å². The minimum Gasteiger partial charge on any atom is -0.267 e. The summed E-state index contributed by atoms with van der Waals surface area (Å²) in [6.45, 7) is 2.03. The molecule has 0 N–H and O–H groups in total. The smallest absolute Gasteiger partial charge is 0.267 e. The van der Waals surface area contributed by atoms with Crippen molar-refractivity contribution in [2.75, 3.05) is 0 Å². The van der Waals surface area contributed by atoms with Gasteiger partial charge in [-0.2, -0.15) is 46.5 Å². The number of aromatic nitrogens is 10. The second kappa shape index (κ2) is 14.4. The number of halogens is 6. The van der Waals surface area contributed by atoms with Crippen LogP contribution < -0.4 is 22.5 Å². The van der Waals surface area contributed by atoms with Crippen LogP contribution in [0, 0.1) is 0 Å². The maximum absolute atomic E-state index is 12.9. The molecular weight excluding hydrogens is 726 g/mol. The Hall–Kier alpha value is -6.08. The van der Waals surface area contributed by atoms with Crippen LogP contribution in [0.5, 0.6) is 0 Å². The zero-order valence-electron chi connectivity index (χ0n) is 28.8. The van der Waals surface area contributed by atoms with Gasteiger partial charge in [-0.15, -0.1) is 0 Å². The van der Waals surface area contributed by atoms with Crippen molar-refractivity contribution in [2.24, 2.45) is 14.1 Å². The third kappa shape index (κ3) is 7.40. The molecule has 1 fully saturated rings. The Morgan fingerprint density at radius 2 is 1.04 bits per heavy atom. The molecule has 282 valence electrons. The summed E-state index contributed by atoms with van der Waals surface area (Å²) in [6, 6.07) is 8.67. The number of nitrogens with zero attached hydrogens (tertiary/aromatic N) is 10. The summed E-state index contributed by atoms with van der Waals surface area (Å²) in [7, 11) is 2.58. The van der Waals surface area contributed by atoms with E-state index in [0.717, 1.165) is 65.5 Å². The second-order valence-corrected chi connectivity index (χ2v) is 12.4. The quantitative estimate of drug-likeness (QED) is 0.233. The van der Waals surface area contributed by atoms with Crippen LogP contribution in [0.15, 0.2) is 67.7 Å². The molecule has 7 rings (SSSR count). The van der Waals surface area contributed by atoms with Crippen LogP contribution in [-0.4, -0.2) is 48.6 Å². The number of alkyl halides is 6. The Balaban J connectivity index is 0.000000186. The summed E-state index contributed by atoms with van der Waals surface area (Å²) < 4.78 is 81.1. The zero-order valence-corrected chi connectivity index (χ0v) is 28.8. The zero-order chi connectivity index (χ0) is 39.1. The van der Waals surface area contributed by atoms with E-state index in [2.05, 4.69) is 30.1 Å². The number of hydrogen-bond acceptors (Lipinski definition) is 10. The Morgan fingerprint density at radius 1 is 0.611 bits per heavy atom. The minimum absolute atomic E-state index is 0.0254. The third-order valence-electron chi connectivity index (χ3n) is 8.89. The predicted molar refractivity (Wildman–Crippen MR) is 181 cm³/mol. The minimum atomic E-state index is -4.45. The first-order valence-corrected chi connectivity index (χ1v) is 16.6. The van der Waals surface area contributed by atoms with Crippen LogP contribution in [0.1, 0.15) is 56.2 Å². The maximum Gasteiger partial charge on any atom is 0.416 e. The van der Waals surface area contributed by atoms with Crippen molar-refractivity contribution in [3.63, 3.8) is 0 Å². The van der Waals surface area contributed by atoms with Gasteiger partial charge in [0.05, 0.1) is 17.2 Å². The molecule has 20 heteroatoms. The molecule has 0 atom stereocenters. The number of rotatable bonds is 4. The van der Waals surface area contributed by atoms with Gasteiger partial charge < -0.3 is 0 Å². The summed E-state index contributed by atoms with van der Waals surface area (Å²) in [4.78, 5) is 64.7. The topological polar surface area (TPSA) is 165 Å². The maximum atomic E-state index is 12.9. The number of aryl methyl sites for hydroxylation is 1. The van der Waals surface area contributed by atoms with Gasteiger partial charge in [0.25, 0.3) is 11.1 Å². The van der Waals surface area contributed by atoms with Crippen molar-refractivity contribution in [2.45, 2.75) is 64.0 Å². The summed E-state index contributed by atoms with van der Waals surface area (Å²) in [5.41, 5.74) is -3.71. The van der Waals surface area contributed by atoms with E-state index < -0.39 is 46.0 Å². The van der Waals surface area contributed by atoms with Crippen LogP contribution in [-0.2, 0) is 33.0 Å². The van der Waals surface area contributed by atoms with Gasteiger partial charge in [0.1, 0.15) is 0 Å². The Kier molecular flexibility index (Phi) is 10.0. The fraction of sp³-hybridized carbons (Fsp3) is 0.353. The predicted octanol–water partition coefficient (Wildman–Crippen LogP) is 4.57. The first-order valence-electron chi connectivity index (χ1n) is 16.6. The molecule has 0 bridgehead atoms. The summed E-state index contributed by atoms with van der Waals surface area (Å²) in [5, 5.41) is 8.64. The molecule has 1 saturated carbocycles. The van der Waals surface area contributed by atoms with Crippen molar-refractivity contribution >= 4 is 0 Å². The molecule has 0 unspecified atom stereocenters. The molecule has 2 aromatic rings. The van der Waals surface area contributed by atoms with Crippen LogP contribution >= 0.6 is 0 Å². The first kappa shape index (κ1) is 37.7. The Bertz CT molecular complexity index is 2500. The molecule has 0 amide bonds. The molecule has 54 heavy (non-hydrogen) atoms. The number of hydrogen-bond donors (Lipinski definition) is 0. The van der Waals surface area contributed by atoms with Crippen LogP contribution in [0.2, 0.25) is 0 Å². The average Bonchev–Trinajstić information content (AvgIpc) is 3.15. The highest BCUT2D eigenvalue weighted by Gasteiger charge is 2.32. The van der Waals surface area contributed by atoms with Crippen molar-refractivity contribution in [1.29, 1.82) is 0 Å². The van der Waals surface area contributed by atoms with Crippen LogP contribution in [0.4, 0.5) is 26.3 Å². The summed E-state index contributed by atoms with van der Waals surface area (Å²) in [5.74, 6) is 0.335. The van der Waals surface area contributed by atoms with Crippen molar-refractivity contribution in [3.05, 3.63) is 101 Å². The van der Waals surface area contributed by atoms with Crippen molar-refractivity contribution in [3.8, 4) is 45.8 Å². The van der Waals surface area contributed by atoms with Gasteiger partial charge in [-0.3, -0.25) is 18.7 Å². The Labute approximate surface area is 300 Å². The molecule has 5 aliphatic rings. The molecule has 4 heterocycles. The van der Waals surface area contributed by atoms with Gasteiger partial charge >= 0.3 is 23.7 Å². The standard InChI is InChI=1S/C19H18F3N5O2.C15H12F3N5O2/c1-26-17(28)14-16(24-18(26)29)27(13-5-3-2-4-6-13)25-15(23-14)11-7-9-12(10-8-11)19(20,21)22;1-3-23-12-10(13(24)22(2)14(25)20-12)19-11(21-23)8-4-6-9(7-5-8)15(16,17)18/h7-10,13H,2-6H2,1H3;4-7H,3H2,1-2H3. The molecule has 4 aliphatic heterocycles. The van der Waals surface area contributed by atoms with E-state index in [1.54, 1.807) is 11.6 Å². The van der Waals surface area contributed by atoms with E-state index in [1.807, 2.05) is 0 Å². The molecule has 0 radical (unpaired) electrons. The van der Waals surface area contributed by atoms with Gasteiger partial charge in [-0.25, -0.2) is 28.9 Å². The number of fused-ring (bicyclic) bond motifs is 2. The lowest BCUT2D eigenvalue weighted by Crippen LogP contribution is -2.38. The molecule has 0 saturated heterocycles. The van der Waals surface area contributed by atoms with E-state index in [0.29, 0.717) is 17.7 Å². The van der Waals surface area contributed by atoms with E-state index in [9.17, 15) is 45.5 Å². The van der Waals surface area contributed by atoms with Gasteiger partial charge in [0.15, 0.2) is 34.7 Å². The largest absolute Gasteiger partial charge is 0.416 e. The van der Waals surface area contributed by atoms with E-state index in [1.165, 1.54) is 43.0 Å². The van der Waals surface area contributed by atoms with Gasteiger partial charge in [0.2, 0.25) is 0 Å². The highest BCUT2D eigenvalue weighted by atomic mass is 19.4. The summed E-state index contributed by atoms with van der Waals surface area (Å²) in [6.07, 6.45) is -4.22. The van der Waals surface area contributed by atoms with Crippen LogP contribution in [0.3, 0.4) is 0 Å². The molecule has 0 spiro atoms. The normalized spacial score (nSPS) is 13.9. The lowest BCUT2D eigenvalue weighted by Gasteiger charge is -2.26.